The van der Waals surface area contributed by atoms with E-state index in [2.05, 4.69) is 5.32 Å². The van der Waals surface area contributed by atoms with Gasteiger partial charge in [-0.3, -0.25) is 24.1 Å². The number of amides is 3. The van der Waals surface area contributed by atoms with Gasteiger partial charge in [0.25, 0.3) is 11.8 Å². The minimum Gasteiger partial charge on any atom is -0.465 e. The van der Waals surface area contributed by atoms with Crippen molar-refractivity contribution >= 4 is 39.4 Å². The molecule has 3 amide bonds. The first-order valence-electron chi connectivity index (χ1n) is 10.6. The zero-order valence-electron chi connectivity index (χ0n) is 18.8. The van der Waals surface area contributed by atoms with E-state index in [4.69, 9.17) is 4.74 Å². The van der Waals surface area contributed by atoms with Crippen LogP contribution in [-0.2, 0) is 24.3 Å². The first kappa shape index (κ1) is 25.1. The molecule has 3 rings (SSSR count). The number of carbonyl (C=O) groups is 4. The second-order valence-electron chi connectivity index (χ2n) is 7.70. The highest BCUT2D eigenvalue weighted by Gasteiger charge is 2.34. The molecule has 180 valence electrons. The number of nitrogens with zero attached hydrogens (tertiary/aromatic N) is 2. The van der Waals surface area contributed by atoms with Gasteiger partial charge in [-0.25, -0.2) is 8.42 Å². The maximum Gasteiger partial charge on any atom is 0.321 e. The maximum absolute atomic E-state index is 12.6. The van der Waals surface area contributed by atoms with E-state index in [1.807, 2.05) is 0 Å². The van der Waals surface area contributed by atoms with Gasteiger partial charge >= 0.3 is 5.97 Å². The van der Waals surface area contributed by atoms with Crippen LogP contribution in [0.2, 0.25) is 0 Å². The smallest absolute Gasteiger partial charge is 0.321 e. The van der Waals surface area contributed by atoms with Crippen molar-refractivity contribution in [1.82, 2.24) is 9.21 Å². The molecule has 34 heavy (non-hydrogen) atoms. The summed E-state index contributed by atoms with van der Waals surface area (Å²) in [5, 5.41) is 2.54. The highest BCUT2D eigenvalue weighted by Crippen LogP contribution is 2.22. The average molecular weight is 488 g/mol. The molecule has 0 spiro atoms. The molecule has 1 aliphatic heterocycles. The van der Waals surface area contributed by atoms with Crippen LogP contribution in [0.5, 0.6) is 0 Å². The Morgan fingerprint density at radius 2 is 1.56 bits per heavy atom. The number of fused-ring (bicyclic) bond motifs is 1. The van der Waals surface area contributed by atoms with Crippen LogP contribution >= 0.6 is 0 Å². The molecule has 1 N–H and O–H groups in total. The lowest BCUT2D eigenvalue weighted by Crippen LogP contribution is -2.33. The number of hydrogen-bond donors (Lipinski definition) is 1. The minimum atomic E-state index is -3.93. The number of anilines is 1. The van der Waals surface area contributed by atoms with Gasteiger partial charge in [0.05, 0.1) is 22.6 Å². The van der Waals surface area contributed by atoms with Crippen LogP contribution in [0.1, 0.15) is 40.5 Å². The van der Waals surface area contributed by atoms with Crippen molar-refractivity contribution in [2.75, 3.05) is 32.1 Å². The van der Waals surface area contributed by atoms with Gasteiger partial charge in [0.2, 0.25) is 15.9 Å². The summed E-state index contributed by atoms with van der Waals surface area (Å²) in [6.07, 6.45) is 0.841. The summed E-state index contributed by atoms with van der Waals surface area (Å²) in [7, 11) is -2.66. The van der Waals surface area contributed by atoms with Crippen molar-refractivity contribution in [2.24, 2.45) is 0 Å². The van der Waals surface area contributed by atoms with Crippen LogP contribution in [-0.4, -0.2) is 68.1 Å². The molecule has 2 aromatic carbocycles. The summed E-state index contributed by atoms with van der Waals surface area (Å²) in [4.78, 5) is 48.9. The van der Waals surface area contributed by atoms with Gasteiger partial charge < -0.3 is 10.1 Å². The van der Waals surface area contributed by atoms with Gasteiger partial charge in [0, 0.05) is 26.2 Å². The number of esters is 1. The molecule has 0 aliphatic carbocycles. The van der Waals surface area contributed by atoms with Crippen LogP contribution in [0, 0.1) is 0 Å². The van der Waals surface area contributed by atoms with Gasteiger partial charge in [0.15, 0.2) is 0 Å². The van der Waals surface area contributed by atoms with Crippen molar-refractivity contribution < 1.29 is 32.3 Å². The van der Waals surface area contributed by atoms with Gasteiger partial charge in [0.1, 0.15) is 6.54 Å². The first-order chi connectivity index (χ1) is 16.1. The Hall–Kier alpha value is -3.57. The van der Waals surface area contributed by atoms with E-state index in [0.29, 0.717) is 29.7 Å². The number of sulfonamides is 1. The third kappa shape index (κ3) is 5.67. The van der Waals surface area contributed by atoms with Crippen molar-refractivity contribution in [2.45, 2.75) is 24.7 Å². The highest BCUT2D eigenvalue weighted by molar-refractivity contribution is 7.89. The van der Waals surface area contributed by atoms with Crippen LogP contribution < -0.4 is 5.32 Å². The number of unbranched alkanes of at least 4 members (excludes halogenated alkanes) is 1. The minimum absolute atomic E-state index is 0.0291. The number of benzene rings is 2. The molecule has 10 nitrogen and oxygen atoms in total. The van der Waals surface area contributed by atoms with Crippen molar-refractivity contribution in [3.05, 3.63) is 59.7 Å². The monoisotopic (exact) mass is 487 g/mol. The highest BCUT2D eigenvalue weighted by atomic mass is 32.2. The molecule has 0 unspecified atom stereocenters. The molecule has 0 bridgehead atoms. The van der Waals surface area contributed by atoms with Gasteiger partial charge in [-0.2, -0.15) is 4.31 Å². The van der Waals surface area contributed by atoms with E-state index in [1.165, 1.54) is 43.1 Å². The Labute approximate surface area is 197 Å². The zero-order valence-corrected chi connectivity index (χ0v) is 19.6. The number of hydrogen-bond acceptors (Lipinski definition) is 7. The molecule has 0 saturated carbocycles. The molecule has 1 aliphatic rings. The first-order valence-corrected chi connectivity index (χ1v) is 12.0. The normalized spacial score (nSPS) is 13.2. The van der Waals surface area contributed by atoms with Crippen molar-refractivity contribution in [3.8, 4) is 0 Å². The molecule has 11 heteroatoms. The number of rotatable bonds is 10. The van der Waals surface area contributed by atoms with Crippen LogP contribution in [0.25, 0.3) is 0 Å². The van der Waals surface area contributed by atoms with Gasteiger partial charge in [-0.15, -0.1) is 0 Å². The van der Waals surface area contributed by atoms with E-state index >= 15 is 0 Å². The Kier molecular flexibility index (Phi) is 7.79. The predicted octanol–water partition coefficient (Wildman–Crippen LogP) is 1.89. The summed E-state index contributed by atoms with van der Waals surface area (Å²) in [6, 6.07) is 12.2. The summed E-state index contributed by atoms with van der Waals surface area (Å²) in [5.41, 5.74) is 1.22. The lowest BCUT2D eigenvalue weighted by atomic mass is 10.1. The third-order valence-electron chi connectivity index (χ3n) is 5.15. The molecule has 1 heterocycles. The number of imide groups is 1. The summed E-state index contributed by atoms with van der Waals surface area (Å²) in [6.45, 7) is 1.09. The average Bonchev–Trinajstić information content (AvgIpc) is 3.03. The molecular weight excluding hydrogens is 462 g/mol. The fourth-order valence-electron chi connectivity index (χ4n) is 3.41. The van der Waals surface area contributed by atoms with Crippen molar-refractivity contribution in [1.29, 1.82) is 0 Å². The Balaban J connectivity index is 1.42. The van der Waals surface area contributed by atoms with Crippen LogP contribution in [0.4, 0.5) is 5.69 Å². The Morgan fingerprint density at radius 1 is 0.971 bits per heavy atom. The lowest BCUT2D eigenvalue weighted by molar-refractivity contribution is -0.143. The molecule has 0 atom stereocenters. The lowest BCUT2D eigenvalue weighted by Gasteiger charge is -2.17. The maximum atomic E-state index is 12.6. The van der Waals surface area contributed by atoms with Crippen LogP contribution in [0.15, 0.2) is 53.4 Å². The van der Waals surface area contributed by atoms with Crippen molar-refractivity contribution in [3.63, 3.8) is 0 Å². The standard InChI is InChI=1S/C23H25N3O7S/c1-16(27)24-17-9-11-18(12-10-17)34(31,32)25(2)15-21(28)33-14-6-5-13-26-22(29)19-7-3-4-8-20(19)23(26)30/h3-4,7-12H,5-6,13-15H2,1-2H3,(H,24,27). The van der Waals surface area contributed by atoms with Gasteiger partial charge in [-0.05, 0) is 49.2 Å². The topological polar surface area (TPSA) is 130 Å². The molecule has 0 aromatic heterocycles. The van der Waals surface area contributed by atoms with E-state index in [1.54, 1.807) is 24.3 Å². The quantitative estimate of drug-likeness (QED) is 0.308. The second kappa shape index (κ2) is 10.6. The predicted molar refractivity (Wildman–Crippen MR) is 123 cm³/mol. The number of ether oxygens (including phenoxy) is 1. The summed E-state index contributed by atoms with van der Waals surface area (Å²) in [5.74, 6) is -1.68. The Bertz CT molecular complexity index is 1170. The molecule has 2 aromatic rings. The summed E-state index contributed by atoms with van der Waals surface area (Å²) >= 11 is 0. The number of nitrogens with one attached hydrogen (secondary N) is 1. The van der Waals surface area contributed by atoms with E-state index in [-0.39, 0.29) is 35.8 Å². The number of carbonyl (C=O) groups excluding carboxylic acids is 4. The van der Waals surface area contributed by atoms with Gasteiger partial charge in [-0.1, -0.05) is 12.1 Å². The van der Waals surface area contributed by atoms with E-state index in [9.17, 15) is 27.6 Å². The SMILES string of the molecule is CC(=O)Nc1ccc(S(=O)(=O)N(C)CC(=O)OCCCCN2C(=O)c3ccccc3C2=O)cc1. The molecular formula is C23H25N3O7S. The molecule has 0 saturated heterocycles. The fraction of sp³-hybridized carbons (Fsp3) is 0.304. The fourth-order valence-corrected chi connectivity index (χ4v) is 4.52. The zero-order chi connectivity index (χ0) is 24.9. The molecule has 0 fully saturated rings. The Morgan fingerprint density at radius 3 is 2.12 bits per heavy atom. The third-order valence-corrected chi connectivity index (χ3v) is 6.97. The largest absolute Gasteiger partial charge is 0.465 e. The second-order valence-corrected chi connectivity index (χ2v) is 9.75. The van der Waals surface area contributed by atoms with E-state index in [0.717, 1.165) is 4.31 Å². The van der Waals surface area contributed by atoms with Crippen LogP contribution in [0.3, 0.4) is 0 Å². The number of likely N-dealkylation sites (N-methyl/N-ethyl adjacent to an activating group) is 1. The summed E-state index contributed by atoms with van der Waals surface area (Å²) < 4.78 is 31.3. The van der Waals surface area contributed by atoms with E-state index < -0.39 is 22.5 Å². The molecule has 0 radical (unpaired) electrons.